The van der Waals surface area contributed by atoms with Crippen LogP contribution in [0.4, 0.5) is 6.01 Å². The Balaban J connectivity index is 1.87. The first kappa shape index (κ1) is 10.5. The zero-order chi connectivity index (χ0) is 12.5. The van der Waals surface area contributed by atoms with Crippen LogP contribution in [0.25, 0.3) is 10.9 Å². The van der Waals surface area contributed by atoms with Crippen molar-refractivity contribution < 1.29 is 9.21 Å². The number of anilines is 1. The molecule has 0 spiro atoms. The normalized spacial score (nSPS) is 10.7. The van der Waals surface area contributed by atoms with Crippen LogP contribution in [0.3, 0.4) is 0 Å². The van der Waals surface area contributed by atoms with Gasteiger partial charge in [-0.2, -0.15) is 10.1 Å². The lowest BCUT2D eigenvalue weighted by Crippen LogP contribution is -2.11. The van der Waals surface area contributed by atoms with Crippen LogP contribution < -0.4 is 5.32 Å². The molecule has 90 valence electrons. The number of hydrogen-bond donors (Lipinski definition) is 2. The average molecular weight is 242 g/mol. The molecule has 1 aromatic carbocycles. The number of carbonyl (C=O) groups is 1. The molecule has 0 bridgehead atoms. The lowest BCUT2D eigenvalue weighted by molar-refractivity contribution is 0.102. The smallest absolute Gasteiger partial charge is 0.301 e. The summed E-state index contributed by atoms with van der Waals surface area (Å²) in [5.74, 6) is -0.270. The fourth-order valence-electron chi connectivity index (χ4n) is 1.66. The molecule has 0 aliphatic carbocycles. The molecule has 6 nitrogen and oxygen atoms in total. The zero-order valence-corrected chi connectivity index (χ0v) is 9.60. The highest BCUT2D eigenvalue weighted by Gasteiger charge is 2.10. The van der Waals surface area contributed by atoms with Gasteiger partial charge in [-0.05, 0) is 19.1 Å². The molecule has 0 unspecified atom stereocenters. The lowest BCUT2D eigenvalue weighted by Gasteiger charge is -2.00. The Bertz CT molecular complexity index is 714. The molecule has 0 aliphatic rings. The van der Waals surface area contributed by atoms with E-state index in [9.17, 15) is 4.79 Å². The quantitative estimate of drug-likeness (QED) is 0.720. The number of nitrogens with zero attached hydrogens (tertiary/aromatic N) is 2. The van der Waals surface area contributed by atoms with Gasteiger partial charge in [0.2, 0.25) is 0 Å². The minimum atomic E-state index is -0.270. The van der Waals surface area contributed by atoms with Gasteiger partial charge >= 0.3 is 6.01 Å². The highest BCUT2D eigenvalue weighted by atomic mass is 16.4. The second kappa shape index (κ2) is 3.99. The fraction of sp³-hybridized carbons (Fsp3) is 0.0833. The van der Waals surface area contributed by atoms with Crippen molar-refractivity contribution in [3.05, 3.63) is 41.9 Å². The van der Waals surface area contributed by atoms with E-state index in [4.69, 9.17) is 4.42 Å². The summed E-state index contributed by atoms with van der Waals surface area (Å²) >= 11 is 0. The van der Waals surface area contributed by atoms with E-state index < -0.39 is 0 Å². The number of carbonyl (C=O) groups excluding carboxylic acids is 1. The second-order valence-corrected chi connectivity index (χ2v) is 3.92. The molecule has 6 heteroatoms. The number of fused-ring (bicyclic) bond motifs is 1. The van der Waals surface area contributed by atoms with E-state index >= 15 is 0 Å². The van der Waals surface area contributed by atoms with E-state index in [1.54, 1.807) is 25.3 Å². The maximum Gasteiger partial charge on any atom is 0.301 e. The maximum atomic E-state index is 11.9. The molecule has 2 N–H and O–H groups in total. The summed E-state index contributed by atoms with van der Waals surface area (Å²) in [5, 5.41) is 10.3. The maximum absolute atomic E-state index is 11.9. The number of aromatic amines is 1. The van der Waals surface area contributed by atoms with E-state index in [2.05, 4.69) is 20.5 Å². The monoisotopic (exact) mass is 242 g/mol. The minimum Gasteiger partial charge on any atom is -0.432 e. The lowest BCUT2D eigenvalue weighted by atomic mass is 10.1. The first-order chi connectivity index (χ1) is 8.72. The number of aromatic nitrogens is 3. The summed E-state index contributed by atoms with van der Waals surface area (Å²) in [7, 11) is 0. The summed E-state index contributed by atoms with van der Waals surface area (Å²) in [6.45, 7) is 1.79. The molecule has 3 aromatic rings. The van der Waals surface area contributed by atoms with Crippen molar-refractivity contribution >= 4 is 22.8 Å². The van der Waals surface area contributed by atoms with Crippen LogP contribution in [0.2, 0.25) is 0 Å². The van der Waals surface area contributed by atoms with Gasteiger partial charge in [0.15, 0.2) is 0 Å². The Morgan fingerprint density at radius 2 is 2.33 bits per heavy atom. The average Bonchev–Trinajstić information content (AvgIpc) is 2.96. The Hall–Kier alpha value is -2.63. The number of rotatable bonds is 2. The molecule has 2 aromatic heterocycles. The van der Waals surface area contributed by atoms with Gasteiger partial charge in [-0.3, -0.25) is 15.2 Å². The topological polar surface area (TPSA) is 83.8 Å². The van der Waals surface area contributed by atoms with Crippen LogP contribution in [0, 0.1) is 6.92 Å². The molecular weight excluding hydrogens is 232 g/mol. The highest BCUT2D eigenvalue weighted by Crippen LogP contribution is 2.14. The largest absolute Gasteiger partial charge is 0.432 e. The van der Waals surface area contributed by atoms with E-state index in [0.717, 1.165) is 10.9 Å². The van der Waals surface area contributed by atoms with Crippen LogP contribution in [0.15, 0.2) is 35.1 Å². The summed E-state index contributed by atoms with van der Waals surface area (Å²) < 4.78 is 5.07. The van der Waals surface area contributed by atoms with Gasteiger partial charge in [-0.25, -0.2) is 0 Å². The molecule has 0 aliphatic heterocycles. The summed E-state index contributed by atoms with van der Waals surface area (Å²) in [5.41, 5.74) is 2.04. The number of oxazole rings is 1. The van der Waals surface area contributed by atoms with Crippen molar-refractivity contribution in [1.82, 2.24) is 15.2 Å². The van der Waals surface area contributed by atoms with Crippen molar-refractivity contribution in [2.75, 3.05) is 5.32 Å². The van der Waals surface area contributed by atoms with Crippen molar-refractivity contribution in [3.8, 4) is 0 Å². The molecule has 2 heterocycles. The number of hydrogen-bond acceptors (Lipinski definition) is 4. The van der Waals surface area contributed by atoms with Crippen LogP contribution >= 0.6 is 0 Å². The third kappa shape index (κ3) is 1.84. The first-order valence-corrected chi connectivity index (χ1v) is 5.39. The van der Waals surface area contributed by atoms with Gasteiger partial charge in [0.05, 0.1) is 17.4 Å². The van der Waals surface area contributed by atoms with Crippen LogP contribution in [0.5, 0.6) is 0 Å². The molecule has 0 radical (unpaired) electrons. The Morgan fingerprint density at radius 1 is 1.44 bits per heavy atom. The summed E-state index contributed by atoms with van der Waals surface area (Å²) in [6.07, 6.45) is 3.18. The van der Waals surface area contributed by atoms with Gasteiger partial charge in [0.1, 0.15) is 6.26 Å². The molecule has 3 rings (SSSR count). The minimum absolute atomic E-state index is 0.196. The van der Waals surface area contributed by atoms with Gasteiger partial charge in [0, 0.05) is 10.9 Å². The van der Waals surface area contributed by atoms with E-state index in [0.29, 0.717) is 11.3 Å². The Kier molecular flexibility index (Phi) is 2.33. The predicted molar refractivity (Wildman–Crippen MR) is 65.3 cm³/mol. The third-order valence-corrected chi connectivity index (χ3v) is 2.54. The van der Waals surface area contributed by atoms with Crippen molar-refractivity contribution in [1.29, 1.82) is 0 Å². The Morgan fingerprint density at radius 3 is 3.11 bits per heavy atom. The van der Waals surface area contributed by atoms with Crippen molar-refractivity contribution in [2.45, 2.75) is 6.92 Å². The second-order valence-electron chi connectivity index (χ2n) is 3.92. The van der Waals surface area contributed by atoms with Crippen molar-refractivity contribution in [3.63, 3.8) is 0 Å². The molecule has 0 fully saturated rings. The molecular formula is C12H10N4O2. The Labute approximate surface area is 102 Å². The van der Waals surface area contributed by atoms with Gasteiger partial charge in [-0.15, -0.1) is 0 Å². The highest BCUT2D eigenvalue weighted by molar-refractivity contribution is 6.05. The predicted octanol–water partition coefficient (Wildman–Crippen LogP) is 2.11. The van der Waals surface area contributed by atoms with Crippen LogP contribution in [-0.4, -0.2) is 21.1 Å². The van der Waals surface area contributed by atoms with Gasteiger partial charge < -0.3 is 4.42 Å². The number of aryl methyl sites for hydroxylation is 1. The number of nitrogens with one attached hydrogen (secondary N) is 2. The van der Waals surface area contributed by atoms with E-state index in [1.165, 1.54) is 6.26 Å². The zero-order valence-electron chi connectivity index (χ0n) is 9.60. The number of H-pyrrole nitrogens is 1. The molecule has 0 saturated carbocycles. The van der Waals surface area contributed by atoms with E-state index in [1.807, 2.05) is 6.07 Å². The molecule has 1 amide bonds. The van der Waals surface area contributed by atoms with Gasteiger partial charge in [-0.1, -0.05) is 6.07 Å². The van der Waals surface area contributed by atoms with E-state index in [-0.39, 0.29) is 11.9 Å². The van der Waals surface area contributed by atoms with Crippen LogP contribution in [0.1, 0.15) is 16.1 Å². The summed E-state index contributed by atoms with van der Waals surface area (Å²) in [6, 6.07) is 5.48. The first-order valence-electron chi connectivity index (χ1n) is 5.39. The third-order valence-electron chi connectivity index (χ3n) is 2.54. The molecule has 0 atom stereocenters. The number of benzene rings is 1. The SMILES string of the molecule is Cc1coc(NC(=O)c2ccc3cn[nH]c3c2)n1. The summed E-state index contributed by atoms with van der Waals surface area (Å²) in [4.78, 5) is 16.0. The standard InChI is InChI=1S/C12H10N4O2/c1-7-6-18-12(14-7)15-11(17)8-2-3-9-5-13-16-10(9)4-8/h2-6H,1H3,(H,13,16)(H,14,15,17). The number of amides is 1. The van der Waals surface area contributed by atoms with Crippen molar-refractivity contribution in [2.24, 2.45) is 0 Å². The molecule has 18 heavy (non-hydrogen) atoms. The molecule has 0 saturated heterocycles. The fourth-order valence-corrected chi connectivity index (χ4v) is 1.66. The van der Waals surface area contributed by atoms with Crippen LogP contribution in [-0.2, 0) is 0 Å². The van der Waals surface area contributed by atoms with Gasteiger partial charge in [0.25, 0.3) is 5.91 Å².